The van der Waals surface area contributed by atoms with Crippen molar-refractivity contribution in [3.63, 3.8) is 0 Å². The number of rotatable bonds is 17. The molecule has 0 aliphatic carbocycles. The van der Waals surface area contributed by atoms with Crippen molar-refractivity contribution in [2.75, 3.05) is 11.9 Å². The normalized spacial score (nSPS) is 11.2. The Morgan fingerprint density at radius 1 is 0.733 bits per heavy atom. The van der Waals surface area contributed by atoms with Crippen molar-refractivity contribution >= 4 is 41.2 Å². The molecule has 0 saturated carbocycles. The molecule has 3 nitrogen and oxygen atoms in total. The van der Waals surface area contributed by atoms with Crippen LogP contribution in [0, 0.1) is 0 Å². The molecule has 0 fully saturated rings. The van der Waals surface area contributed by atoms with Crippen LogP contribution >= 0.6 is 0 Å². The van der Waals surface area contributed by atoms with Crippen LogP contribution in [-0.4, -0.2) is 53.4 Å². The van der Waals surface area contributed by atoms with Gasteiger partial charge in [0.1, 0.15) is 0 Å². The SMILES string of the molecule is O=C(O)c1ccc(NCCCCCCCCCCCCCCCC(F)(F)F)cc1.[NaH]. The summed E-state index contributed by atoms with van der Waals surface area (Å²) >= 11 is 0. The first kappa shape index (κ1) is 29.3. The van der Waals surface area contributed by atoms with Gasteiger partial charge in [0.25, 0.3) is 0 Å². The predicted molar refractivity (Wildman–Crippen MR) is 120 cm³/mol. The molecule has 0 unspecified atom stereocenters. The van der Waals surface area contributed by atoms with Gasteiger partial charge in [-0.05, 0) is 37.1 Å². The minimum absolute atomic E-state index is 0. The van der Waals surface area contributed by atoms with Crippen LogP contribution in [0.25, 0.3) is 0 Å². The van der Waals surface area contributed by atoms with Crippen LogP contribution in [0.3, 0.4) is 0 Å². The Hall–Kier alpha value is -0.720. The van der Waals surface area contributed by atoms with E-state index in [9.17, 15) is 18.0 Å². The van der Waals surface area contributed by atoms with Gasteiger partial charge >= 0.3 is 41.7 Å². The molecule has 168 valence electrons. The van der Waals surface area contributed by atoms with Crippen LogP contribution < -0.4 is 5.32 Å². The van der Waals surface area contributed by atoms with E-state index in [1.54, 1.807) is 24.3 Å². The standard InChI is InChI=1S/C23H36F3NO2.Na.H/c24-23(25,26)18-12-10-8-6-4-2-1-3-5-7-9-11-13-19-27-21-16-14-20(15-17-21)22(28)29;;/h14-17,27H,1-13,18-19H2,(H,28,29);;. The number of carboxylic acid groups (broad SMARTS) is 1. The van der Waals surface area contributed by atoms with Gasteiger partial charge in [0, 0.05) is 18.7 Å². The van der Waals surface area contributed by atoms with E-state index in [2.05, 4.69) is 5.32 Å². The number of benzene rings is 1. The van der Waals surface area contributed by atoms with Gasteiger partial charge in [-0.25, -0.2) is 4.79 Å². The first-order valence-electron chi connectivity index (χ1n) is 11.0. The Bertz CT molecular complexity index is 550. The van der Waals surface area contributed by atoms with E-state index in [4.69, 9.17) is 5.11 Å². The summed E-state index contributed by atoms with van der Waals surface area (Å²) in [4.78, 5) is 10.8. The topological polar surface area (TPSA) is 49.3 Å². The number of alkyl halides is 3. The average molecular weight is 440 g/mol. The molecular formula is C23H37F3NNaO2. The van der Waals surface area contributed by atoms with E-state index in [0.717, 1.165) is 37.9 Å². The molecule has 0 amide bonds. The molecule has 30 heavy (non-hydrogen) atoms. The van der Waals surface area contributed by atoms with Crippen molar-refractivity contribution in [1.82, 2.24) is 0 Å². The third-order valence-electron chi connectivity index (χ3n) is 5.10. The fourth-order valence-corrected chi connectivity index (χ4v) is 3.36. The molecule has 0 heterocycles. The van der Waals surface area contributed by atoms with Gasteiger partial charge in [-0.2, -0.15) is 13.2 Å². The van der Waals surface area contributed by atoms with Gasteiger partial charge in [-0.3, -0.25) is 0 Å². The number of hydrogen-bond acceptors (Lipinski definition) is 2. The Kier molecular flexibility index (Phi) is 17.5. The molecule has 0 bridgehead atoms. The quantitative estimate of drug-likeness (QED) is 0.200. The number of hydrogen-bond donors (Lipinski definition) is 2. The molecule has 0 radical (unpaired) electrons. The van der Waals surface area contributed by atoms with Gasteiger partial charge in [0.2, 0.25) is 0 Å². The van der Waals surface area contributed by atoms with E-state index in [1.807, 2.05) is 0 Å². The molecule has 0 spiro atoms. The molecule has 0 saturated heterocycles. The van der Waals surface area contributed by atoms with Gasteiger partial charge in [-0.1, -0.05) is 70.6 Å². The first-order chi connectivity index (χ1) is 13.9. The second kappa shape index (κ2) is 17.9. The Labute approximate surface area is 201 Å². The van der Waals surface area contributed by atoms with Crippen LogP contribution in [0.5, 0.6) is 0 Å². The number of carboxylic acids is 1. The number of anilines is 1. The molecule has 1 aromatic carbocycles. The molecule has 7 heteroatoms. The second-order valence-corrected chi connectivity index (χ2v) is 7.77. The zero-order valence-electron chi connectivity index (χ0n) is 17.4. The van der Waals surface area contributed by atoms with Crippen LogP contribution in [0.1, 0.15) is 100 Å². The summed E-state index contributed by atoms with van der Waals surface area (Å²) in [6, 6.07) is 6.81. The minimum atomic E-state index is -3.99. The summed E-state index contributed by atoms with van der Waals surface area (Å²) < 4.78 is 36.0. The van der Waals surface area contributed by atoms with Crippen molar-refractivity contribution in [2.45, 2.75) is 96.1 Å². The number of aromatic carboxylic acids is 1. The molecule has 0 atom stereocenters. The molecule has 0 aliphatic rings. The number of halogens is 3. The van der Waals surface area contributed by atoms with E-state index >= 15 is 0 Å². The summed E-state index contributed by atoms with van der Waals surface area (Å²) in [6.45, 7) is 0.898. The van der Waals surface area contributed by atoms with Crippen molar-refractivity contribution in [1.29, 1.82) is 0 Å². The van der Waals surface area contributed by atoms with Gasteiger partial charge < -0.3 is 10.4 Å². The number of nitrogens with one attached hydrogen (secondary N) is 1. The molecular weight excluding hydrogens is 402 g/mol. The average Bonchev–Trinajstić information content (AvgIpc) is 2.67. The van der Waals surface area contributed by atoms with Gasteiger partial charge in [-0.15, -0.1) is 0 Å². The fourth-order valence-electron chi connectivity index (χ4n) is 3.36. The number of carbonyl (C=O) groups is 1. The third kappa shape index (κ3) is 17.0. The van der Waals surface area contributed by atoms with Gasteiger partial charge in [0.05, 0.1) is 5.56 Å². The van der Waals surface area contributed by atoms with E-state index in [1.165, 1.54) is 44.9 Å². The summed E-state index contributed by atoms with van der Waals surface area (Å²) in [5, 5.41) is 12.2. The molecule has 1 rings (SSSR count). The van der Waals surface area contributed by atoms with Crippen LogP contribution in [-0.2, 0) is 0 Å². The number of unbranched alkanes of at least 4 members (excludes halogenated alkanes) is 12. The molecule has 0 aromatic heterocycles. The summed E-state index contributed by atoms with van der Waals surface area (Å²) in [6.07, 6.45) is 9.20. The maximum absolute atomic E-state index is 12.0. The van der Waals surface area contributed by atoms with Crippen LogP contribution in [0.4, 0.5) is 18.9 Å². The fraction of sp³-hybridized carbons (Fsp3) is 0.696. The van der Waals surface area contributed by atoms with E-state index in [0.29, 0.717) is 12.0 Å². The Balaban J connectivity index is 0.00000841. The maximum atomic E-state index is 12.0. The second-order valence-electron chi connectivity index (χ2n) is 7.77. The Morgan fingerprint density at radius 2 is 1.13 bits per heavy atom. The Morgan fingerprint density at radius 3 is 1.53 bits per heavy atom. The zero-order valence-corrected chi connectivity index (χ0v) is 17.4. The monoisotopic (exact) mass is 439 g/mol. The molecule has 0 aliphatic heterocycles. The van der Waals surface area contributed by atoms with Crippen LogP contribution in [0.15, 0.2) is 24.3 Å². The van der Waals surface area contributed by atoms with Gasteiger partial charge in [0.15, 0.2) is 0 Å². The predicted octanol–water partition coefficient (Wildman–Crippen LogP) is 7.17. The van der Waals surface area contributed by atoms with Crippen molar-refractivity contribution in [3.05, 3.63) is 29.8 Å². The van der Waals surface area contributed by atoms with Crippen molar-refractivity contribution < 1.29 is 23.1 Å². The zero-order chi connectivity index (χ0) is 21.4. The van der Waals surface area contributed by atoms with E-state index < -0.39 is 18.6 Å². The molecule has 1 aromatic rings. The molecule has 2 N–H and O–H groups in total. The van der Waals surface area contributed by atoms with E-state index in [-0.39, 0.29) is 36.0 Å². The summed E-state index contributed by atoms with van der Waals surface area (Å²) in [7, 11) is 0. The van der Waals surface area contributed by atoms with Crippen molar-refractivity contribution in [3.8, 4) is 0 Å². The first-order valence-corrected chi connectivity index (χ1v) is 11.0. The van der Waals surface area contributed by atoms with Crippen molar-refractivity contribution in [2.24, 2.45) is 0 Å². The summed E-state index contributed by atoms with van der Waals surface area (Å²) in [5.74, 6) is -0.906. The van der Waals surface area contributed by atoms with Crippen LogP contribution in [0.2, 0.25) is 0 Å². The third-order valence-corrected chi connectivity index (χ3v) is 5.10. The summed E-state index contributed by atoms with van der Waals surface area (Å²) in [5.41, 5.74) is 1.26.